The van der Waals surface area contributed by atoms with E-state index in [2.05, 4.69) is 0 Å². The molecule has 6 heteroatoms. The maximum Gasteiger partial charge on any atom is 0.311 e. The molecule has 1 N–H and O–H groups in total. The van der Waals surface area contributed by atoms with Gasteiger partial charge in [-0.1, -0.05) is 6.92 Å². The van der Waals surface area contributed by atoms with Crippen LogP contribution in [0.5, 0.6) is 0 Å². The summed E-state index contributed by atoms with van der Waals surface area (Å²) in [6.45, 7) is 2.47. The van der Waals surface area contributed by atoms with E-state index in [9.17, 15) is 14.7 Å². The highest BCUT2D eigenvalue weighted by Crippen LogP contribution is 2.35. The molecule has 5 nitrogen and oxygen atoms in total. The summed E-state index contributed by atoms with van der Waals surface area (Å²) in [5.41, 5.74) is -0.827. The Morgan fingerprint density at radius 3 is 2.72 bits per heavy atom. The van der Waals surface area contributed by atoms with Crippen LogP contribution in [0.2, 0.25) is 5.22 Å². The van der Waals surface area contributed by atoms with Gasteiger partial charge >= 0.3 is 5.97 Å². The SMILES string of the molecule is CCC1(C(=O)O)CCN(C(=O)c2ccc(Cl)o2)C1. The summed E-state index contributed by atoms with van der Waals surface area (Å²) in [6, 6.07) is 2.99. The Hall–Kier alpha value is -1.49. The minimum atomic E-state index is -0.849. The van der Waals surface area contributed by atoms with Gasteiger partial charge in [0.1, 0.15) is 0 Å². The fraction of sp³-hybridized carbons (Fsp3) is 0.500. The Morgan fingerprint density at radius 1 is 1.56 bits per heavy atom. The summed E-state index contributed by atoms with van der Waals surface area (Å²) >= 11 is 5.61. The van der Waals surface area contributed by atoms with E-state index >= 15 is 0 Å². The normalized spacial score (nSPS) is 23.3. The van der Waals surface area contributed by atoms with Crippen molar-refractivity contribution in [1.82, 2.24) is 4.90 Å². The lowest BCUT2D eigenvalue weighted by atomic mass is 9.84. The Bertz CT molecular complexity index is 484. The van der Waals surface area contributed by atoms with Crippen LogP contribution in [0.1, 0.15) is 30.3 Å². The number of halogens is 1. The van der Waals surface area contributed by atoms with Crippen LogP contribution in [-0.2, 0) is 4.79 Å². The minimum Gasteiger partial charge on any atom is -0.481 e. The molecule has 2 heterocycles. The Morgan fingerprint density at radius 2 is 2.28 bits per heavy atom. The third-order valence-electron chi connectivity index (χ3n) is 3.56. The molecule has 0 aromatic carbocycles. The highest BCUT2D eigenvalue weighted by molar-refractivity contribution is 6.29. The first-order chi connectivity index (χ1) is 8.48. The molecule has 1 atom stereocenters. The maximum atomic E-state index is 12.1. The molecule has 1 aromatic heterocycles. The zero-order valence-electron chi connectivity index (χ0n) is 9.98. The van der Waals surface area contributed by atoms with Crippen molar-refractivity contribution in [2.24, 2.45) is 5.41 Å². The second-order valence-electron chi connectivity index (χ2n) is 4.52. The van der Waals surface area contributed by atoms with E-state index in [1.807, 2.05) is 6.92 Å². The number of aliphatic carboxylic acids is 1. The Kier molecular flexibility index (Phi) is 3.34. The molecule has 1 unspecified atom stereocenters. The van der Waals surface area contributed by atoms with E-state index in [1.165, 1.54) is 17.0 Å². The summed E-state index contributed by atoms with van der Waals surface area (Å²) in [7, 11) is 0. The van der Waals surface area contributed by atoms with Crippen LogP contribution in [0, 0.1) is 5.41 Å². The van der Waals surface area contributed by atoms with Gasteiger partial charge in [0, 0.05) is 13.1 Å². The highest BCUT2D eigenvalue weighted by Gasteiger charge is 2.45. The van der Waals surface area contributed by atoms with Crippen molar-refractivity contribution in [2.45, 2.75) is 19.8 Å². The van der Waals surface area contributed by atoms with E-state index in [1.54, 1.807) is 0 Å². The number of carboxylic acid groups (broad SMARTS) is 1. The van der Waals surface area contributed by atoms with Crippen molar-refractivity contribution in [3.63, 3.8) is 0 Å². The van der Waals surface area contributed by atoms with Crippen LogP contribution in [0.15, 0.2) is 16.5 Å². The van der Waals surface area contributed by atoms with Crippen molar-refractivity contribution in [2.75, 3.05) is 13.1 Å². The molecule has 0 saturated carbocycles. The summed E-state index contributed by atoms with van der Waals surface area (Å²) in [4.78, 5) is 24.9. The molecule has 1 amide bonds. The first-order valence-corrected chi connectivity index (χ1v) is 6.14. The maximum absolute atomic E-state index is 12.1. The van der Waals surface area contributed by atoms with Crippen LogP contribution < -0.4 is 0 Å². The van der Waals surface area contributed by atoms with E-state index in [-0.39, 0.29) is 23.4 Å². The first-order valence-electron chi connectivity index (χ1n) is 5.76. The van der Waals surface area contributed by atoms with Crippen molar-refractivity contribution in [3.8, 4) is 0 Å². The molecule has 0 aliphatic carbocycles. The molecule has 1 aromatic rings. The minimum absolute atomic E-state index is 0.150. The second kappa shape index (κ2) is 4.65. The predicted molar refractivity (Wildman–Crippen MR) is 64.6 cm³/mol. The predicted octanol–water partition coefficient (Wildman–Crippen LogP) is 2.26. The highest BCUT2D eigenvalue weighted by atomic mass is 35.5. The lowest BCUT2D eigenvalue weighted by Gasteiger charge is -2.22. The summed E-state index contributed by atoms with van der Waals surface area (Å²) in [5.74, 6) is -1.01. The standard InChI is InChI=1S/C12H14ClNO4/c1-2-12(11(16)17)5-6-14(7-12)10(15)8-3-4-9(13)18-8/h3-4H,2,5-7H2,1H3,(H,16,17). The monoisotopic (exact) mass is 271 g/mol. The zero-order valence-corrected chi connectivity index (χ0v) is 10.7. The second-order valence-corrected chi connectivity index (χ2v) is 4.89. The van der Waals surface area contributed by atoms with Gasteiger partial charge in [0.05, 0.1) is 5.41 Å². The van der Waals surface area contributed by atoms with Gasteiger partial charge in [-0.05, 0) is 36.6 Å². The summed E-state index contributed by atoms with van der Waals surface area (Å²) in [5, 5.41) is 9.41. The lowest BCUT2D eigenvalue weighted by molar-refractivity contribution is -0.148. The average Bonchev–Trinajstić information content (AvgIpc) is 2.95. The molecular formula is C12H14ClNO4. The van der Waals surface area contributed by atoms with E-state index in [0.717, 1.165) is 0 Å². The van der Waals surface area contributed by atoms with Crippen LogP contribution in [0.4, 0.5) is 0 Å². The van der Waals surface area contributed by atoms with Crippen molar-refractivity contribution in [3.05, 3.63) is 23.1 Å². The summed E-state index contributed by atoms with van der Waals surface area (Å²) < 4.78 is 5.05. The number of carbonyl (C=O) groups excluding carboxylic acids is 1. The van der Waals surface area contributed by atoms with Crippen LogP contribution in [-0.4, -0.2) is 35.0 Å². The molecule has 0 spiro atoms. The molecule has 1 fully saturated rings. The number of nitrogens with zero attached hydrogens (tertiary/aromatic N) is 1. The van der Waals surface area contributed by atoms with Gasteiger partial charge in [-0.2, -0.15) is 0 Å². The molecule has 1 aliphatic rings. The number of rotatable bonds is 3. The molecule has 18 heavy (non-hydrogen) atoms. The van der Waals surface area contributed by atoms with E-state index < -0.39 is 11.4 Å². The van der Waals surface area contributed by atoms with Gasteiger partial charge in [0.15, 0.2) is 11.0 Å². The summed E-state index contributed by atoms with van der Waals surface area (Å²) in [6.07, 6.45) is 0.976. The fourth-order valence-electron chi connectivity index (χ4n) is 2.25. The van der Waals surface area contributed by atoms with Gasteiger partial charge in [-0.15, -0.1) is 0 Å². The number of likely N-dealkylation sites (tertiary alicyclic amines) is 1. The van der Waals surface area contributed by atoms with Gasteiger partial charge in [-0.3, -0.25) is 9.59 Å². The van der Waals surface area contributed by atoms with Crippen molar-refractivity contribution in [1.29, 1.82) is 0 Å². The molecular weight excluding hydrogens is 258 g/mol. The number of carbonyl (C=O) groups is 2. The third kappa shape index (κ3) is 2.10. The van der Waals surface area contributed by atoms with Gasteiger partial charge in [-0.25, -0.2) is 0 Å². The molecule has 98 valence electrons. The van der Waals surface area contributed by atoms with E-state index in [0.29, 0.717) is 19.4 Å². The van der Waals surface area contributed by atoms with Crippen LogP contribution in [0.25, 0.3) is 0 Å². The number of hydrogen-bond donors (Lipinski definition) is 1. The molecule has 0 bridgehead atoms. The molecule has 0 radical (unpaired) electrons. The Balaban J connectivity index is 2.13. The quantitative estimate of drug-likeness (QED) is 0.915. The smallest absolute Gasteiger partial charge is 0.311 e. The third-order valence-corrected chi connectivity index (χ3v) is 3.76. The molecule has 1 aliphatic heterocycles. The largest absolute Gasteiger partial charge is 0.481 e. The average molecular weight is 272 g/mol. The van der Waals surface area contributed by atoms with Gasteiger partial charge in [0.25, 0.3) is 5.91 Å². The number of furan rings is 1. The number of amides is 1. The lowest BCUT2D eigenvalue weighted by Crippen LogP contribution is -2.36. The van der Waals surface area contributed by atoms with Crippen LogP contribution >= 0.6 is 11.6 Å². The first kappa shape index (κ1) is 13.0. The van der Waals surface area contributed by atoms with Gasteiger partial charge in [0.2, 0.25) is 0 Å². The van der Waals surface area contributed by atoms with Crippen molar-refractivity contribution < 1.29 is 19.1 Å². The zero-order chi connectivity index (χ0) is 13.3. The molecule has 1 saturated heterocycles. The number of carboxylic acids is 1. The molecule has 2 rings (SSSR count). The number of hydrogen-bond acceptors (Lipinski definition) is 3. The Labute approximate surface area is 109 Å². The van der Waals surface area contributed by atoms with Gasteiger partial charge < -0.3 is 14.4 Å². The fourth-order valence-corrected chi connectivity index (χ4v) is 2.39. The topological polar surface area (TPSA) is 70.8 Å². The van der Waals surface area contributed by atoms with Crippen molar-refractivity contribution >= 4 is 23.5 Å². The van der Waals surface area contributed by atoms with Crippen LogP contribution in [0.3, 0.4) is 0 Å². The van der Waals surface area contributed by atoms with E-state index in [4.69, 9.17) is 16.0 Å².